The fourth-order valence-corrected chi connectivity index (χ4v) is 5.37. The van der Waals surface area contributed by atoms with Gasteiger partial charge in [0.1, 0.15) is 34.3 Å². The first-order valence-corrected chi connectivity index (χ1v) is 16.4. The average Bonchev–Trinajstić information content (AvgIpc) is 3.77. The smallest absolute Gasteiger partial charge is 0.356 e. The van der Waals surface area contributed by atoms with E-state index in [1.165, 1.54) is 74.3 Å². The summed E-state index contributed by atoms with van der Waals surface area (Å²) in [7, 11) is 2.74. The number of aromatic carboxylic acids is 1. The maximum absolute atomic E-state index is 11.5. The van der Waals surface area contributed by atoms with Crippen LogP contribution in [0.15, 0.2) is 84.5 Å². The molecule has 0 spiro atoms. The number of hydrogen-bond acceptors (Lipinski definition) is 15. The first-order valence-electron chi connectivity index (χ1n) is 15.5. The zero-order valence-corrected chi connectivity index (χ0v) is 29.5. The number of carboxylic acid groups (broad SMARTS) is 1. The van der Waals surface area contributed by atoms with Gasteiger partial charge in [0.2, 0.25) is 0 Å². The molecule has 0 aliphatic rings. The lowest BCUT2D eigenvalue weighted by Gasteiger charge is -2.06. The monoisotopic (exact) mass is 756 g/mol. The van der Waals surface area contributed by atoms with Crippen molar-refractivity contribution in [2.45, 2.75) is 6.92 Å². The number of aldehydes is 1. The largest absolute Gasteiger partial charge is 0.508 e. The van der Waals surface area contributed by atoms with Crippen molar-refractivity contribution in [1.82, 2.24) is 20.2 Å². The van der Waals surface area contributed by atoms with E-state index in [-0.39, 0.29) is 39.9 Å². The number of nitrogens with one attached hydrogen (secondary N) is 1. The highest BCUT2D eigenvalue weighted by molar-refractivity contribution is 7.17. The van der Waals surface area contributed by atoms with Crippen LogP contribution in [0, 0.1) is 0 Å². The van der Waals surface area contributed by atoms with E-state index in [4.69, 9.17) is 24.8 Å². The summed E-state index contributed by atoms with van der Waals surface area (Å²) in [5.41, 5.74) is 1.73. The van der Waals surface area contributed by atoms with Gasteiger partial charge in [0.05, 0.1) is 38.1 Å². The number of thiophene rings is 1. The molecule has 0 atom stereocenters. The quantitative estimate of drug-likeness (QED) is 0.0830. The van der Waals surface area contributed by atoms with Crippen molar-refractivity contribution < 1.29 is 58.9 Å². The Kier molecular flexibility index (Phi) is 13.4. The zero-order valence-electron chi connectivity index (χ0n) is 28.7. The maximum Gasteiger partial charge on any atom is 0.356 e. The Morgan fingerprint density at radius 3 is 2.19 bits per heavy atom. The third kappa shape index (κ3) is 9.95. The van der Waals surface area contributed by atoms with Crippen LogP contribution in [0.25, 0.3) is 31.8 Å². The number of hydrogen-bond donors (Lipinski definition) is 6. The summed E-state index contributed by atoms with van der Waals surface area (Å²) in [5, 5.41) is 56.4. The molecule has 0 aliphatic carbocycles. The number of phenols is 2. The van der Waals surface area contributed by atoms with Gasteiger partial charge in [-0.15, -0.1) is 11.3 Å². The van der Waals surface area contributed by atoms with Crippen molar-refractivity contribution in [3.8, 4) is 28.7 Å². The van der Waals surface area contributed by atoms with Gasteiger partial charge in [-0.1, -0.05) is 0 Å². The van der Waals surface area contributed by atoms with Gasteiger partial charge in [-0.25, -0.2) is 24.4 Å². The Balaban J connectivity index is 0.000000164. The lowest BCUT2D eigenvalue weighted by Crippen LogP contribution is -2.06. The van der Waals surface area contributed by atoms with Gasteiger partial charge in [-0.3, -0.25) is 9.89 Å². The molecule has 4 heterocycles. The minimum absolute atomic E-state index is 0.0256. The Hall–Kier alpha value is -7.27. The molecule has 0 bridgehead atoms. The van der Waals surface area contributed by atoms with Crippen LogP contribution in [-0.2, 0) is 9.47 Å². The molecular weight excluding hydrogens is 724 g/mol. The van der Waals surface area contributed by atoms with Crippen LogP contribution in [0.4, 0.5) is 0 Å². The molecule has 0 saturated carbocycles. The number of pyridine rings is 2. The van der Waals surface area contributed by atoms with E-state index < -0.39 is 17.9 Å². The summed E-state index contributed by atoms with van der Waals surface area (Å²) < 4.78 is 15.1. The third-order valence-electron chi connectivity index (χ3n) is 7.13. The normalized spacial score (nSPS) is 10.1. The summed E-state index contributed by atoms with van der Waals surface area (Å²) in [4.78, 5) is 51.0. The second kappa shape index (κ2) is 18.3. The predicted molar refractivity (Wildman–Crippen MR) is 197 cm³/mol. The van der Waals surface area contributed by atoms with E-state index in [0.29, 0.717) is 40.6 Å². The van der Waals surface area contributed by atoms with Gasteiger partial charge in [-0.2, -0.15) is 5.10 Å². The van der Waals surface area contributed by atoms with E-state index in [2.05, 4.69) is 24.9 Å². The van der Waals surface area contributed by atoms with Crippen LogP contribution in [0.3, 0.4) is 0 Å². The van der Waals surface area contributed by atoms with Gasteiger partial charge >= 0.3 is 17.9 Å². The van der Waals surface area contributed by atoms with Crippen molar-refractivity contribution in [2.24, 2.45) is 0 Å². The fraction of sp³-hybridized carbons (Fsp3) is 0.108. The van der Waals surface area contributed by atoms with Crippen molar-refractivity contribution in [3.63, 3.8) is 0 Å². The molecule has 7 aromatic rings. The minimum Gasteiger partial charge on any atom is -0.508 e. The number of nitrogens with zero attached hydrogens (tertiary/aromatic N) is 3. The van der Waals surface area contributed by atoms with Gasteiger partial charge in [0.25, 0.3) is 0 Å². The lowest BCUT2D eigenvalue weighted by atomic mass is 10.1. The summed E-state index contributed by atoms with van der Waals surface area (Å²) in [6.45, 7) is 2.04. The number of benzene rings is 3. The van der Waals surface area contributed by atoms with Gasteiger partial charge in [0.15, 0.2) is 17.8 Å². The predicted octanol–water partition coefficient (Wildman–Crippen LogP) is 6.09. The number of aromatic amines is 1. The number of rotatable bonds is 6. The van der Waals surface area contributed by atoms with Gasteiger partial charge in [0, 0.05) is 32.4 Å². The molecular formula is C37H32N4O12S. The number of aromatic hydroxyl groups is 4. The SMILES string of the molecule is CCOC(=O)c1cc2cc(OC)c(O)cc2cn1.COC(=O)c1ccc(O)cn1.O=C(O)c1ccc2c(O)csc2c1.O=Cc1[nH]nc2ccc(O)cc12. The first-order chi connectivity index (χ1) is 25.9. The first kappa shape index (κ1) is 39.5. The molecule has 0 amide bonds. The molecule has 3 aromatic carbocycles. The molecule has 0 radical (unpaired) electrons. The summed E-state index contributed by atoms with van der Waals surface area (Å²) in [6.07, 6.45) is 3.38. The molecule has 278 valence electrons. The van der Waals surface area contributed by atoms with E-state index >= 15 is 0 Å². The molecule has 17 heteroatoms. The number of aromatic nitrogens is 4. The van der Waals surface area contributed by atoms with Crippen LogP contribution in [-0.4, -0.2) is 90.7 Å². The number of ether oxygens (including phenoxy) is 3. The van der Waals surface area contributed by atoms with E-state index in [1.54, 1.807) is 42.6 Å². The average molecular weight is 757 g/mol. The lowest BCUT2D eigenvalue weighted by molar-refractivity contribution is 0.0518. The van der Waals surface area contributed by atoms with Crippen LogP contribution in [0.5, 0.6) is 28.7 Å². The Labute approximate surface area is 309 Å². The highest BCUT2D eigenvalue weighted by Gasteiger charge is 2.11. The zero-order chi connectivity index (χ0) is 39.4. The Morgan fingerprint density at radius 2 is 1.54 bits per heavy atom. The third-order valence-corrected chi connectivity index (χ3v) is 8.07. The van der Waals surface area contributed by atoms with Crippen LogP contribution in [0.1, 0.15) is 48.7 Å². The standard InChI is InChI=1S/C13H13NO4.C9H6O3S.C8H6N2O2.C7H7NO3/c1-3-18-13(16)10-4-8-6-12(17-2)11(15)5-9(8)7-14-10;10-7-4-13-8-3-5(9(11)12)1-2-6(7)8;11-4-8-6-3-5(12)1-2-7(6)9-10-8;1-11-7(10)6-3-2-5(9)4-8-6/h4-7,15H,3H2,1-2H3;1-4,10H,(H,11,12);1-4,12H,(H,9,10);2-4,9H,1H3. The summed E-state index contributed by atoms with van der Waals surface area (Å²) >= 11 is 1.33. The molecule has 16 nitrogen and oxygen atoms in total. The number of H-pyrrole nitrogens is 1. The topological polar surface area (TPSA) is 252 Å². The molecule has 0 fully saturated rings. The number of phenolic OH excluding ortho intramolecular Hbond substituents is 2. The second-order valence-corrected chi connectivity index (χ2v) is 11.6. The Bertz CT molecular complexity index is 2430. The van der Waals surface area contributed by atoms with Crippen LogP contribution in [0.2, 0.25) is 0 Å². The van der Waals surface area contributed by atoms with Gasteiger partial charge in [-0.05, 0) is 79.0 Å². The molecule has 0 unspecified atom stereocenters. The number of methoxy groups -OCH3 is 2. The molecule has 0 saturated heterocycles. The van der Waals surface area contributed by atoms with E-state index in [0.717, 1.165) is 15.5 Å². The number of carbonyl (C=O) groups excluding carboxylic acids is 3. The number of carboxylic acids is 1. The molecule has 4 aromatic heterocycles. The van der Waals surface area contributed by atoms with Crippen molar-refractivity contribution >= 4 is 67.3 Å². The van der Waals surface area contributed by atoms with E-state index in [9.17, 15) is 29.4 Å². The number of carbonyl (C=O) groups is 4. The molecule has 0 aliphatic heterocycles. The van der Waals surface area contributed by atoms with Crippen LogP contribution >= 0.6 is 11.3 Å². The van der Waals surface area contributed by atoms with Gasteiger partial charge < -0.3 is 39.7 Å². The molecule has 54 heavy (non-hydrogen) atoms. The Morgan fingerprint density at radius 1 is 0.796 bits per heavy atom. The maximum atomic E-state index is 11.5. The number of esters is 2. The minimum atomic E-state index is -0.949. The second-order valence-electron chi connectivity index (χ2n) is 10.6. The highest BCUT2D eigenvalue weighted by atomic mass is 32.1. The van der Waals surface area contributed by atoms with Crippen molar-refractivity contribution in [2.75, 3.05) is 20.8 Å². The molecule has 6 N–H and O–H groups in total. The van der Waals surface area contributed by atoms with Crippen molar-refractivity contribution in [1.29, 1.82) is 0 Å². The fourth-order valence-electron chi connectivity index (χ4n) is 4.51. The number of fused-ring (bicyclic) bond motifs is 3. The summed E-state index contributed by atoms with van der Waals surface area (Å²) in [6, 6.07) is 16.9. The highest BCUT2D eigenvalue weighted by Crippen LogP contribution is 2.32. The van der Waals surface area contributed by atoms with Crippen molar-refractivity contribution in [3.05, 3.63) is 107 Å². The summed E-state index contributed by atoms with van der Waals surface area (Å²) in [5.74, 6) is -1.17. The van der Waals surface area contributed by atoms with Crippen LogP contribution < -0.4 is 4.74 Å². The van der Waals surface area contributed by atoms with E-state index in [1.807, 2.05) is 0 Å². The molecule has 7 rings (SSSR count).